The molecule has 0 unspecified atom stereocenters. The van der Waals surface area contributed by atoms with Crippen LogP contribution in [0.5, 0.6) is 0 Å². The molecule has 0 aromatic heterocycles. The predicted octanol–water partition coefficient (Wildman–Crippen LogP) is 2.91. The van der Waals surface area contributed by atoms with Gasteiger partial charge in [0.25, 0.3) is 0 Å². The van der Waals surface area contributed by atoms with Crippen LogP contribution in [0.4, 0.5) is 0 Å². The maximum Gasteiger partial charge on any atom is -0.00161 e. The van der Waals surface area contributed by atoms with Crippen LogP contribution in [-0.2, 0) is 0 Å². The highest BCUT2D eigenvalue weighted by Crippen LogP contribution is 2.30. The van der Waals surface area contributed by atoms with Crippen molar-refractivity contribution < 1.29 is 0 Å². The summed E-state index contributed by atoms with van der Waals surface area (Å²) in [6.07, 6.45) is 7.52. The number of rotatable bonds is 2. The van der Waals surface area contributed by atoms with E-state index in [0.29, 0.717) is 0 Å². The Bertz CT molecular complexity index is 189. The average molecular weight is 238 g/mol. The Morgan fingerprint density at radius 3 is 2.06 bits per heavy atom. The van der Waals surface area contributed by atoms with Crippen LogP contribution in [0.1, 0.15) is 39.5 Å². The number of hydrogen-bond donors (Lipinski definition) is 1. The van der Waals surface area contributed by atoms with Crippen LogP contribution in [0.2, 0.25) is 0 Å². The summed E-state index contributed by atoms with van der Waals surface area (Å²) in [6, 6.07) is 0. The summed E-state index contributed by atoms with van der Waals surface area (Å²) in [5.74, 6) is 2.08. The first-order valence-corrected chi connectivity index (χ1v) is 7.31. The topological polar surface area (TPSA) is 15.3 Å². The average Bonchev–Trinajstić information content (AvgIpc) is 2.41. The molecule has 0 bridgehead atoms. The summed E-state index contributed by atoms with van der Waals surface area (Å²) in [7, 11) is 0. The van der Waals surface area contributed by atoms with Crippen molar-refractivity contribution >= 4 is 0 Å². The minimum Gasteiger partial charge on any atom is -0.317 e. The first-order chi connectivity index (χ1) is 8.31. The van der Waals surface area contributed by atoms with Gasteiger partial charge in [-0.1, -0.05) is 13.0 Å². The van der Waals surface area contributed by atoms with Crippen molar-refractivity contribution in [3.8, 4) is 0 Å². The van der Waals surface area contributed by atoms with Gasteiger partial charge in [0.2, 0.25) is 0 Å². The lowest BCUT2D eigenvalue weighted by molar-refractivity contribution is 0.135. The molecule has 0 aromatic rings. The Morgan fingerprint density at radius 2 is 1.59 bits per heavy atom. The second kappa shape index (κ2) is 8.71. The largest absolute Gasteiger partial charge is 0.317 e. The lowest BCUT2D eigenvalue weighted by Gasteiger charge is -2.37. The third kappa shape index (κ3) is 5.22. The summed E-state index contributed by atoms with van der Waals surface area (Å²) >= 11 is 0. The molecule has 0 saturated carbocycles. The van der Waals surface area contributed by atoms with Gasteiger partial charge in [-0.25, -0.2) is 0 Å². The lowest BCUT2D eigenvalue weighted by atomic mass is 9.79. The summed E-state index contributed by atoms with van der Waals surface area (Å²) < 4.78 is 0. The van der Waals surface area contributed by atoms with E-state index in [-0.39, 0.29) is 0 Å². The Hall–Kier alpha value is -0.340. The van der Waals surface area contributed by atoms with Crippen molar-refractivity contribution in [2.24, 2.45) is 11.8 Å². The first kappa shape index (κ1) is 14.7. The molecule has 0 amide bonds. The van der Waals surface area contributed by atoms with Gasteiger partial charge in [-0.3, -0.25) is 0 Å². The maximum atomic E-state index is 3.46. The van der Waals surface area contributed by atoms with E-state index in [1.807, 2.05) is 6.92 Å². The third-order valence-corrected chi connectivity index (χ3v) is 4.13. The quantitative estimate of drug-likeness (QED) is 0.744. The molecular weight excluding hydrogens is 208 g/mol. The van der Waals surface area contributed by atoms with E-state index in [9.17, 15) is 0 Å². The van der Waals surface area contributed by atoms with Crippen LogP contribution in [0.15, 0.2) is 12.7 Å². The van der Waals surface area contributed by atoms with Gasteiger partial charge in [-0.15, -0.1) is 6.58 Å². The minimum atomic E-state index is 1.04. The van der Waals surface area contributed by atoms with Crippen molar-refractivity contribution in [3.05, 3.63) is 12.7 Å². The van der Waals surface area contributed by atoms with Crippen LogP contribution in [-0.4, -0.2) is 37.6 Å². The van der Waals surface area contributed by atoms with E-state index in [1.165, 1.54) is 58.4 Å². The van der Waals surface area contributed by atoms with E-state index in [2.05, 4.69) is 23.7 Å². The van der Waals surface area contributed by atoms with E-state index in [0.717, 1.165) is 11.8 Å². The zero-order chi connectivity index (χ0) is 12.5. The molecule has 2 heterocycles. The molecule has 2 saturated heterocycles. The molecule has 0 atom stereocenters. The smallest absolute Gasteiger partial charge is 0.00161 e. The maximum absolute atomic E-state index is 3.46. The predicted molar refractivity (Wildman–Crippen MR) is 76.3 cm³/mol. The number of nitrogens with one attached hydrogen (secondary N) is 1. The van der Waals surface area contributed by atoms with Crippen molar-refractivity contribution in [3.63, 3.8) is 0 Å². The summed E-state index contributed by atoms with van der Waals surface area (Å²) in [5.41, 5.74) is 0. The number of nitrogens with zero attached hydrogens (tertiary/aromatic N) is 1. The fourth-order valence-electron chi connectivity index (χ4n) is 3.06. The van der Waals surface area contributed by atoms with E-state index in [1.54, 1.807) is 6.08 Å². The molecule has 0 radical (unpaired) electrons. The van der Waals surface area contributed by atoms with Gasteiger partial charge >= 0.3 is 0 Å². The van der Waals surface area contributed by atoms with Crippen LogP contribution < -0.4 is 5.32 Å². The fourth-order valence-corrected chi connectivity index (χ4v) is 3.06. The van der Waals surface area contributed by atoms with Crippen molar-refractivity contribution in [2.75, 3.05) is 32.7 Å². The molecule has 17 heavy (non-hydrogen) atoms. The van der Waals surface area contributed by atoms with Crippen LogP contribution in [0.3, 0.4) is 0 Å². The normalized spacial score (nSPS) is 23.9. The number of hydrogen-bond acceptors (Lipinski definition) is 2. The summed E-state index contributed by atoms with van der Waals surface area (Å²) in [4.78, 5) is 2.59. The van der Waals surface area contributed by atoms with E-state index in [4.69, 9.17) is 0 Å². The Balaban J connectivity index is 0.000000437. The van der Waals surface area contributed by atoms with Crippen molar-refractivity contribution in [1.29, 1.82) is 0 Å². The van der Waals surface area contributed by atoms with E-state index < -0.39 is 0 Å². The van der Waals surface area contributed by atoms with Gasteiger partial charge in [0.05, 0.1) is 0 Å². The fraction of sp³-hybridized carbons (Fsp3) is 0.867. The molecule has 1 N–H and O–H groups in total. The zero-order valence-corrected chi connectivity index (χ0v) is 11.8. The van der Waals surface area contributed by atoms with Crippen molar-refractivity contribution in [2.45, 2.75) is 39.5 Å². The summed E-state index contributed by atoms with van der Waals surface area (Å²) in [5, 5.41) is 3.46. The van der Waals surface area contributed by atoms with E-state index >= 15 is 0 Å². The van der Waals surface area contributed by atoms with Gasteiger partial charge in [-0.05, 0) is 77.2 Å². The second-order valence-electron chi connectivity index (χ2n) is 5.27. The summed E-state index contributed by atoms with van der Waals surface area (Å²) in [6.45, 7) is 14.0. The Labute approximate surface area is 107 Å². The third-order valence-electron chi connectivity index (χ3n) is 4.13. The van der Waals surface area contributed by atoms with Crippen LogP contribution in [0.25, 0.3) is 0 Å². The van der Waals surface area contributed by atoms with Gasteiger partial charge in [0, 0.05) is 0 Å². The lowest BCUT2D eigenvalue weighted by Crippen LogP contribution is -2.39. The minimum absolute atomic E-state index is 1.04. The highest BCUT2D eigenvalue weighted by Gasteiger charge is 2.26. The molecule has 2 heteroatoms. The Kier molecular flexibility index (Phi) is 7.54. The molecule has 0 spiro atoms. The van der Waals surface area contributed by atoms with Crippen molar-refractivity contribution in [1.82, 2.24) is 10.2 Å². The highest BCUT2D eigenvalue weighted by molar-refractivity contribution is 4.80. The molecule has 0 aliphatic carbocycles. The SMILES string of the molecule is C=CC.CCN1CCC(C2CCNCC2)CC1. The number of likely N-dealkylation sites (tertiary alicyclic amines) is 1. The number of allylic oxidation sites excluding steroid dienone is 1. The standard InChI is InChI=1S/C12H24N2.C3H6/c1-2-14-9-5-12(6-10-14)11-3-7-13-8-4-11;1-3-2/h11-13H,2-10H2,1H3;3H,1H2,2H3. The van der Waals surface area contributed by atoms with Gasteiger partial charge in [0.15, 0.2) is 0 Å². The Morgan fingerprint density at radius 1 is 1.12 bits per heavy atom. The number of piperidine rings is 2. The molecule has 2 rings (SSSR count). The highest BCUT2D eigenvalue weighted by atomic mass is 15.1. The van der Waals surface area contributed by atoms with Crippen LogP contribution >= 0.6 is 0 Å². The second-order valence-corrected chi connectivity index (χ2v) is 5.27. The molecule has 2 fully saturated rings. The molecule has 100 valence electrons. The monoisotopic (exact) mass is 238 g/mol. The van der Waals surface area contributed by atoms with Gasteiger partial charge in [0.1, 0.15) is 0 Å². The van der Waals surface area contributed by atoms with Crippen LogP contribution in [0, 0.1) is 11.8 Å². The first-order valence-electron chi connectivity index (χ1n) is 7.31. The molecule has 0 aromatic carbocycles. The zero-order valence-electron chi connectivity index (χ0n) is 11.8. The molecule has 2 aliphatic heterocycles. The molecule has 2 nitrogen and oxygen atoms in total. The molecular formula is C15H30N2. The van der Waals surface area contributed by atoms with Gasteiger partial charge in [-0.2, -0.15) is 0 Å². The molecule has 2 aliphatic rings. The van der Waals surface area contributed by atoms with Gasteiger partial charge < -0.3 is 10.2 Å².